The van der Waals surface area contributed by atoms with E-state index in [0.717, 1.165) is 12.1 Å². The number of nitrogens with zero attached hydrogens (tertiary/aromatic N) is 1. The van der Waals surface area contributed by atoms with Crippen LogP contribution in [-0.2, 0) is 12.4 Å². The van der Waals surface area contributed by atoms with Gasteiger partial charge in [-0.05, 0) is 30.3 Å². The number of pyridine rings is 1. The molecule has 9 heteroatoms. The van der Waals surface area contributed by atoms with Gasteiger partial charge in [-0.15, -0.1) is 0 Å². The summed E-state index contributed by atoms with van der Waals surface area (Å²) in [6.07, 6.45) is -10.0. The molecule has 1 aromatic heterocycles. The van der Waals surface area contributed by atoms with Gasteiger partial charge in [0.05, 0.1) is 16.8 Å². The summed E-state index contributed by atoms with van der Waals surface area (Å²) in [7, 11) is 0. The van der Waals surface area contributed by atoms with Crippen molar-refractivity contribution in [1.29, 1.82) is 0 Å². The van der Waals surface area contributed by atoms with Crippen molar-refractivity contribution in [2.45, 2.75) is 12.4 Å². The van der Waals surface area contributed by atoms with Gasteiger partial charge in [0, 0.05) is 5.56 Å². The van der Waals surface area contributed by atoms with E-state index in [2.05, 4.69) is 4.98 Å². The van der Waals surface area contributed by atoms with E-state index in [0.29, 0.717) is 12.1 Å². The summed E-state index contributed by atoms with van der Waals surface area (Å²) >= 11 is 0. The second-order valence-electron chi connectivity index (χ2n) is 4.48. The molecule has 0 saturated carbocycles. The molecule has 1 aromatic carbocycles. The Labute approximate surface area is 124 Å². The fraction of sp³-hybridized carbons (Fsp3) is 0.143. The molecule has 0 spiro atoms. The van der Waals surface area contributed by atoms with Crippen LogP contribution in [0, 0.1) is 5.82 Å². The third-order valence-corrected chi connectivity index (χ3v) is 2.87. The van der Waals surface area contributed by atoms with E-state index in [9.17, 15) is 35.5 Å². The summed E-state index contributed by atoms with van der Waals surface area (Å²) in [6, 6.07) is 2.49. The van der Waals surface area contributed by atoms with Crippen molar-refractivity contribution in [2.75, 3.05) is 0 Å². The Hall–Kier alpha value is -2.45. The normalized spacial score (nSPS) is 12.3. The Bertz CT molecular complexity index is 718. The molecule has 0 radical (unpaired) electrons. The molecule has 122 valence electrons. The minimum atomic E-state index is -5.01. The van der Waals surface area contributed by atoms with Gasteiger partial charge in [-0.1, -0.05) is 0 Å². The van der Waals surface area contributed by atoms with Crippen molar-refractivity contribution in [3.63, 3.8) is 0 Å². The molecule has 2 rings (SSSR count). The second kappa shape index (κ2) is 5.64. The minimum absolute atomic E-state index is 0.0110. The quantitative estimate of drug-likeness (QED) is 0.585. The SMILES string of the molecule is O=Cc1nc(-c2cc(C(F)(F)F)cc(C(F)(F)F)c2)ccc1F. The maximum atomic E-state index is 13.2. The van der Waals surface area contributed by atoms with Crippen molar-refractivity contribution in [2.24, 2.45) is 0 Å². The van der Waals surface area contributed by atoms with Crippen LogP contribution in [0.2, 0.25) is 0 Å². The molecular formula is C14H6F7NO. The van der Waals surface area contributed by atoms with Crippen LogP contribution < -0.4 is 0 Å². The summed E-state index contributed by atoms with van der Waals surface area (Å²) < 4.78 is 89.7. The lowest BCUT2D eigenvalue weighted by Crippen LogP contribution is -2.11. The largest absolute Gasteiger partial charge is 0.416 e. The highest BCUT2D eigenvalue weighted by atomic mass is 19.4. The first-order valence-electron chi connectivity index (χ1n) is 5.94. The van der Waals surface area contributed by atoms with Gasteiger partial charge in [-0.25, -0.2) is 9.37 Å². The zero-order chi connectivity index (χ0) is 17.4. The fourth-order valence-electron chi connectivity index (χ4n) is 1.80. The lowest BCUT2D eigenvalue weighted by atomic mass is 10.0. The average Bonchev–Trinajstić information content (AvgIpc) is 2.45. The second-order valence-corrected chi connectivity index (χ2v) is 4.48. The lowest BCUT2D eigenvalue weighted by molar-refractivity contribution is -0.143. The van der Waals surface area contributed by atoms with Crippen molar-refractivity contribution in [1.82, 2.24) is 4.98 Å². The molecule has 0 bridgehead atoms. The van der Waals surface area contributed by atoms with Gasteiger partial charge in [0.15, 0.2) is 12.1 Å². The molecule has 0 aliphatic rings. The molecule has 0 aliphatic carbocycles. The van der Waals surface area contributed by atoms with Crippen LogP contribution >= 0.6 is 0 Å². The van der Waals surface area contributed by atoms with E-state index in [1.54, 1.807) is 0 Å². The molecule has 0 saturated heterocycles. The van der Waals surface area contributed by atoms with E-state index in [4.69, 9.17) is 0 Å². The molecule has 1 heterocycles. The monoisotopic (exact) mass is 337 g/mol. The number of carbonyl (C=O) groups excluding carboxylic acids is 1. The molecule has 23 heavy (non-hydrogen) atoms. The predicted molar refractivity (Wildman–Crippen MR) is 65.0 cm³/mol. The van der Waals surface area contributed by atoms with Crippen LogP contribution in [0.1, 0.15) is 21.6 Å². The molecular weight excluding hydrogens is 331 g/mol. The summed E-state index contributed by atoms with van der Waals surface area (Å²) in [5.41, 5.74) is -4.68. The van der Waals surface area contributed by atoms with E-state index in [-0.39, 0.29) is 18.0 Å². The molecule has 0 N–H and O–H groups in total. The first-order valence-corrected chi connectivity index (χ1v) is 5.94. The summed E-state index contributed by atoms with van der Waals surface area (Å²) in [5, 5.41) is 0. The number of hydrogen-bond donors (Lipinski definition) is 0. The number of aldehydes is 1. The number of aromatic nitrogens is 1. The number of halogens is 7. The van der Waals surface area contributed by atoms with E-state index < -0.39 is 40.6 Å². The first kappa shape index (κ1) is 16.9. The molecule has 2 nitrogen and oxygen atoms in total. The molecule has 0 unspecified atom stereocenters. The van der Waals surface area contributed by atoms with Crippen LogP contribution in [0.5, 0.6) is 0 Å². The number of carbonyl (C=O) groups is 1. The molecule has 0 amide bonds. The number of alkyl halides is 6. The summed E-state index contributed by atoms with van der Waals surface area (Å²) in [6.45, 7) is 0. The van der Waals surface area contributed by atoms with Gasteiger partial charge < -0.3 is 0 Å². The Balaban J connectivity index is 2.69. The Morgan fingerprint density at radius 1 is 0.870 bits per heavy atom. The summed E-state index contributed by atoms with van der Waals surface area (Å²) in [5.74, 6) is -1.04. The summed E-state index contributed by atoms with van der Waals surface area (Å²) in [4.78, 5) is 14.0. The van der Waals surface area contributed by atoms with Gasteiger partial charge in [0.1, 0.15) is 5.69 Å². The number of rotatable bonds is 2. The van der Waals surface area contributed by atoms with Crippen molar-refractivity contribution in [3.8, 4) is 11.3 Å². The van der Waals surface area contributed by atoms with Gasteiger partial charge in [-0.2, -0.15) is 26.3 Å². The molecule has 0 atom stereocenters. The maximum absolute atomic E-state index is 13.2. The van der Waals surface area contributed by atoms with Crippen LogP contribution in [0.15, 0.2) is 30.3 Å². The smallest absolute Gasteiger partial charge is 0.296 e. The van der Waals surface area contributed by atoms with Crippen LogP contribution in [0.25, 0.3) is 11.3 Å². The van der Waals surface area contributed by atoms with Crippen molar-refractivity contribution < 1.29 is 35.5 Å². The highest BCUT2D eigenvalue weighted by molar-refractivity contribution is 5.74. The predicted octanol–water partition coefficient (Wildman–Crippen LogP) is 4.74. The molecule has 2 aromatic rings. The number of hydrogen-bond acceptors (Lipinski definition) is 2. The van der Waals surface area contributed by atoms with Gasteiger partial charge in [-0.3, -0.25) is 4.79 Å². The van der Waals surface area contributed by atoms with E-state index in [1.807, 2.05) is 0 Å². The highest BCUT2D eigenvalue weighted by Gasteiger charge is 2.37. The standard InChI is InChI=1S/C14H6F7NO/c15-10-1-2-11(22-12(10)6-23)7-3-8(13(16,17)18)5-9(4-7)14(19,20)21/h1-6H. The topological polar surface area (TPSA) is 30.0 Å². The lowest BCUT2D eigenvalue weighted by Gasteiger charge is -2.14. The third-order valence-electron chi connectivity index (χ3n) is 2.87. The Kier molecular flexibility index (Phi) is 4.14. The van der Waals surface area contributed by atoms with Crippen molar-refractivity contribution >= 4 is 6.29 Å². The minimum Gasteiger partial charge on any atom is -0.296 e. The Morgan fingerprint density at radius 3 is 1.83 bits per heavy atom. The average molecular weight is 337 g/mol. The van der Waals surface area contributed by atoms with Crippen LogP contribution in [0.3, 0.4) is 0 Å². The van der Waals surface area contributed by atoms with Gasteiger partial charge in [0.25, 0.3) is 0 Å². The molecule has 0 aliphatic heterocycles. The van der Waals surface area contributed by atoms with Gasteiger partial charge in [0.2, 0.25) is 0 Å². The van der Waals surface area contributed by atoms with Crippen LogP contribution in [-0.4, -0.2) is 11.3 Å². The van der Waals surface area contributed by atoms with Crippen LogP contribution in [0.4, 0.5) is 30.7 Å². The van der Waals surface area contributed by atoms with Gasteiger partial charge >= 0.3 is 12.4 Å². The zero-order valence-electron chi connectivity index (χ0n) is 11.0. The fourth-order valence-corrected chi connectivity index (χ4v) is 1.80. The van der Waals surface area contributed by atoms with E-state index in [1.165, 1.54) is 0 Å². The number of benzene rings is 1. The zero-order valence-corrected chi connectivity index (χ0v) is 11.0. The highest BCUT2D eigenvalue weighted by Crippen LogP contribution is 2.38. The first-order chi connectivity index (χ1) is 10.5. The Morgan fingerprint density at radius 2 is 1.39 bits per heavy atom. The third kappa shape index (κ3) is 3.66. The molecule has 0 fully saturated rings. The maximum Gasteiger partial charge on any atom is 0.416 e. The van der Waals surface area contributed by atoms with Crippen molar-refractivity contribution in [3.05, 3.63) is 53.0 Å². The van der Waals surface area contributed by atoms with E-state index >= 15 is 0 Å².